The summed E-state index contributed by atoms with van der Waals surface area (Å²) in [5, 5.41) is 8.25. The van der Waals surface area contributed by atoms with Crippen molar-refractivity contribution in [3.63, 3.8) is 0 Å². The van der Waals surface area contributed by atoms with Crippen LogP contribution < -0.4 is 10.5 Å². The van der Waals surface area contributed by atoms with Gasteiger partial charge in [-0.3, -0.25) is 0 Å². The molecule has 1 unspecified atom stereocenters. The van der Waals surface area contributed by atoms with Gasteiger partial charge in [0.2, 0.25) is 5.95 Å². The molecule has 0 fully saturated rings. The van der Waals surface area contributed by atoms with Crippen LogP contribution in [0.3, 0.4) is 0 Å². The molecule has 1 atom stereocenters. The fraction of sp³-hybridized carbons (Fsp3) is 0.120. The number of aryl methyl sites for hydroxylation is 1. The van der Waals surface area contributed by atoms with Gasteiger partial charge in [0.1, 0.15) is 12.4 Å². The van der Waals surface area contributed by atoms with Crippen molar-refractivity contribution in [2.24, 2.45) is 10.7 Å². The minimum Gasteiger partial charge on any atom is -0.462 e. The molecule has 0 radical (unpaired) electrons. The van der Waals surface area contributed by atoms with Gasteiger partial charge in [-0.1, -0.05) is 6.07 Å². The van der Waals surface area contributed by atoms with Crippen LogP contribution >= 0.6 is 0 Å². The SMILES string of the molecule is Cc1ccc(-c2cc(F)c3c(c2)C2(COC(N)=N2)c2cc(-c4cccnc4F)ccc2O3)nn1. The van der Waals surface area contributed by atoms with Crippen molar-refractivity contribution >= 4 is 6.02 Å². The minimum atomic E-state index is -1.18. The third-order valence-electron chi connectivity index (χ3n) is 6.02. The Morgan fingerprint density at radius 2 is 1.82 bits per heavy atom. The monoisotopic (exact) mass is 457 g/mol. The van der Waals surface area contributed by atoms with Gasteiger partial charge in [0.05, 0.1) is 11.4 Å². The van der Waals surface area contributed by atoms with Crippen LogP contribution in [0, 0.1) is 18.7 Å². The van der Waals surface area contributed by atoms with E-state index in [-0.39, 0.29) is 18.4 Å². The molecule has 4 aromatic rings. The smallest absolute Gasteiger partial charge is 0.283 e. The molecule has 34 heavy (non-hydrogen) atoms. The first-order valence-corrected chi connectivity index (χ1v) is 10.5. The zero-order valence-corrected chi connectivity index (χ0v) is 17.9. The maximum atomic E-state index is 15.4. The van der Waals surface area contributed by atoms with Gasteiger partial charge in [0.25, 0.3) is 6.02 Å². The maximum Gasteiger partial charge on any atom is 0.283 e. The molecule has 0 saturated heterocycles. The minimum absolute atomic E-state index is 0.0266. The van der Waals surface area contributed by atoms with E-state index < -0.39 is 17.3 Å². The molecule has 4 heterocycles. The number of halogens is 2. The lowest BCUT2D eigenvalue weighted by atomic mass is 9.79. The first kappa shape index (κ1) is 20.2. The number of benzene rings is 2. The number of aromatic nitrogens is 3. The number of nitrogens with two attached hydrogens (primary N) is 1. The fourth-order valence-electron chi connectivity index (χ4n) is 4.38. The maximum absolute atomic E-state index is 15.4. The van der Waals surface area contributed by atoms with E-state index in [4.69, 9.17) is 15.2 Å². The molecule has 9 heteroatoms. The van der Waals surface area contributed by atoms with Crippen LogP contribution in [0.2, 0.25) is 0 Å². The number of hydrogen-bond donors (Lipinski definition) is 1. The number of ether oxygens (including phenoxy) is 2. The summed E-state index contributed by atoms with van der Waals surface area (Å²) in [5.41, 5.74) is 8.38. The van der Waals surface area contributed by atoms with Crippen LogP contribution in [0.5, 0.6) is 11.5 Å². The van der Waals surface area contributed by atoms with E-state index in [1.165, 1.54) is 12.3 Å². The molecule has 0 saturated carbocycles. The van der Waals surface area contributed by atoms with Gasteiger partial charge < -0.3 is 15.2 Å². The molecule has 2 aromatic heterocycles. The summed E-state index contributed by atoms with van der Waals surface area (Å²) in [6, 6.07) is 15.0. The molecule has 0 aliphatic carbocycles. The standard InChI is InChI=1S/C25H17F2N5O2/c1-13-4-6-20(32-31-13)15-10-18-22(19(26)11-15)34-21-7-5-14(16-3-2-8-29-23(16)27)9-17(21)25(18)12-33-24(28)30-25/h2-11H,12H2,1H3,(H2,28,30). The Morgan fingerprint density at radius 1 is 0.971 bits per heavy atom. The fourth-order valence-corrected chi connectivity index (χ4v) is 4.38. The lowest BCUT2D eigenvalue weighted by molar-refractivity contribution is 0.262. The highest BCUT2D eigenvalue weighted by Crippen LogP contribution is 2.53. The number of hydrogen-bond acceptors (Lipinski definition) is 7. The lowest BCUT2D eigenvalue weighted by Crippen LogP contribution is -2.31. The van der Waals surface area contributed by atoms with Crippen molar-refractivity contribution in [2.45, 2.75) is 12.5 Å². The Bertz CT molecular complexity index is 1490. The third kappa shape index (κ3) is 3.01. The molecular formula is C25H17F2N5O2. The highest BCUT2D eigenvalue weighted by molar-refractivity contribution is 5.79. The highest BCUT2D eigenvalue weighted by Gasteiger charge is 2.48. The summed E-state index contributed by atoms with van der Waals surface area (Å²) in [4.78, 5) is 8.32. The lowest BCUT2D eigenvalue weighted by Gasteiger charge is -2.34. The summed E-state index contributed by atoms with van der Waals surface area (Å²) in [7, 11) is 0. The van der Waals surface area contributed by atoms with Crippen LogP contribution in [0.1, 0.15) is 16.8 Å². The molecule has 168 valence electrons. The largest absolute Gasteiger partial charge is 0.462 e. The number of rotatable bonds is 2. The van der Waals surface area contributed by atoms with E-state index in [0.29, 0.717) is 39.3 Å². The van der Waals surface area contributed by atoms with Crippen molar-refractivity contribution in [2.75, 3.05) is 6.61 Å². The zero-order valence-electron chi connectivity index (χ0n) is 17.9. The molecule has 2 N–H and O–H groups in total. The summed E-state index contributed by atoms with van der Waals surface area (Å²) in [6.07, 6.45) is 1.38. The van der Waals surface area contributed by atoms with E-state index >= 15 is 4.39 Å². The molecule has 1 spiro atoms. The molecule has 2 aromatic carbocycles. The number of amidine groups is 1. The van der Waals surface area contributed by atoms with Crippen molar-refractivity contribution in [3.05, 3.63) is 89.4 Å². The molecule has 7 nitrogen and oxygen atoms in total. The van der Waals surface area contributed by atoms with Crippen molar-refractivity contribution in [1.82, 2.24) is 15.2 Å². The molecule has 2 aliphatic heterocycles. The Hall–Kier alpha value is -4.40. The van der Waals surface area contributed by atoms with Crippen LogP contribution in [0.15, 0.2) is 65.8 Å². The predicted molar refractivity (Wildman–Crippen MR) is 120 cm³/mol. The molecule has 0 amide bonds. The van der Waals surface area contributed by atoms with Crippen LogP contribution in [-0.2, 0) is 10.3 Å². The Kier molecular flexibility index (Phi) is 4.35. The van der Waals surface area contributed by atoms with E-state index in [9.17, 15) is 4.39 Å². The summed E-state index contributed by atoms with van der Waals surface area (Å²) in [5.74, 6) is -0.781. The second kappa shape index (κ2) is 7.31. The number of nitrogens with zero attached hydrogens (tertiary/aromatic N) is 4. The summed E-state index contributed by atoms with van der Waals surface area (Å²) >= 11 is 0. The number of fused-ring (bicyclic) bond motifs is 4. The van der Waals surface area contributed by atoms with Crippen molar-refractivity contribution in [1.29, 1.82) is 0 Å². The van der Waals surface area contributed by atoms with Gasteiger partial charge in [-0.15, -0.1) is 0 Å². The van der Waals surface area contributed by atoms with E-state index in [1.807, 2.05) is 6.92 Å². The van der Waals surface area contributed by atoms with Crippen LogP contribution in [0.4, 0.5) is 8.78 Å². The molecule has 6 rings (SSSR count). The van der Waals surface area contributed by atoms with Crippen molar-refractivity contribution < 1.29 is 18.3 Å². The zero-order chi connectivity index (χ0) is 23.4. The Morgan fingerprint density at radius 3 is 2.56 bits per heavy atom. The van der Waals surface area contributed by atoms with Crippen molar-refractivity contribution in [3.8, 4) is 33.9 Å². The summed E-state index contributed by atoms with van der Waals surface area (Å²) < 4.78 is 41.3. The Balaban J connectivity index is 1.58. The predicted octanol–water partition coefficient (Wildman–Crippen LogP) is 4.49. The molecule has 0 bridgehead atoms. The van der Waals surface area contributed by atoms with Gasteiger partial charge in [-0.25, -0.2) is 14.4 Å². The summed E-state index contributed by atoms with van der Waals surface area (Å²) in [6.45, 7) is 1.85. The number of aliphatic imine (C=N–C) groups is 1. The average Bonchev–Trinajstić information content (AvgIpc) is 3.23. The topological polar surface area (TPSA) is 95.5 Å². The van der Waals surface area contributed by atoms with E-state index in [1.54, 1.807) is 48.5 Å². The first-order chi connectivity index (χ1) is 16.4. The molecule has 2 aliphatic rings. The van der Waals surface area contributed by atoms with Gasteiger partial charge in [-0.05, 0) is 61.0 Å². The molecular weight excluding hydrogens is 440 g/mol. The second-order valence-corrected chi connectivity index (χ2v) is 8.15. The second-order valence-electron chi connectivity index (χ2n) is 8.15. The van der Waals surface area contributed by atoms with Gasteiger partial charge >= 0.3 is 0 Å². The van der Waals surface area contributed by atoms with Gasteiger partial charge in [-0.2, -0.15) is 14.6 Å². The van der Waals surface area contributed by atoms with Crippen LogP contribution in [-0.4, -0.2) is 27.8 Å². The van der Waals surface area contributed by atoms with Crippen LogP contribution in [0.25, 0.3) is 22.4 Å². The first-order valence-electron chi connectivity index (χ1n) is 10.5. The normalized spacial score (nSPS) is 18.0. The average molecular weight is 457 g/mol. The highest BCUT2D eigenvalue weighted by atomic mass is 19.1. The third-order valence-corrected chi connectivity index (χ3v) is 6.02. The quantitative estimate of drug-likeness (QED) is 0.446. The number of pyridine rings is 1. The van der Waals surface area contributed by atoms with Gasteiger partial charge in [0, 0.05) is 28.5 Å². The Labute approximate surface area is 192 Å². The van der Waals surface area contributed by atoms with E-state index in [0.717, 1.165) is 5.69 Å². The van der Waals surface area contributed by atoms with E-state index in [2.05, 4.69) is 20.2 Å². The van der Waals surface area contributed by atoms with Gasteiger partial charge in [0.15, 0.2) is 17.1 Å².